The fourth-order valence-corrected chi connectivity index (χ4v) is 4.53. The van der Waals surface area contributed by atoms with Crippen LogP contribution in [0.15, 0.2) is 58.2 Å². The molecule has 0 fully saturated rings. The quantitative estimate of drug-likeness (QED) is 0.635. The minimum absolute atomic E-state index is 0.0154. The van der Waals surface area contributed by atoms with Gasteiger partial charge in [0, 0.05) is 28.8 Å². The summed E-state index contributed by atoms with van der Waals surface area (Å²) in [6.07, 6.45) is 0.445. The molecule has 3 aromatic rings. The van der Waals surface area contributed by atoms with Crippen LogP contribution in [-0.2, 0) is 4.79 Å². The van der Waals surface area contributed by atoms with Crippen LogP contribution < -0.4 is 10.2 Å². The lowest BCUT2D eigenvalue weighted by Crippen LogP contribution is -2.14. The largest absolute Gasteiger partial charge is 0.326 e. The number of nitrogens with one attached hydrogen (secondary N) is 1. The molecule has 0 aliphatic heterocycles. The highest BCUT2D eigenvalue weighted by Gasteiger charge is 2.11. The molecule has 0 saturated heterocycles. The van der Waals surface area contributed by atoms with Gasteiger partial charge < -0.3 is 5.32 Å². The summed E-state index contributed by atoms with van der Waals surface area (Å²) in [6, 6.07) is 15.8. The highest BCUT2D eigenvalue weighted by Crippen LogP contribution is 2.24. The number of hydrogen-bond acceptors (Lipinski definition) is 4. The van der Waals surface area contributed by atoms with Gasteiger partial charge in [0.2, 0.25) is 5.91 Å². The highest BCUT2D eigenvalue weighted by molar-refractivity contribution is 7.99. The molecule has 0 radical (unpaired) electrons. The van der Waals surface area contributed by atoms with E-state index in [1.165, 1.54) is 11.3 Å². The minimum atomic E-state index is -0.0154. The van der Waals surface area contributed by atoms with Crippen molar-refractivity contribution in [3.05, 3.63) is 58.2 Å². The number of carbonyl (C=O) groups is 1. The van der Waals surface area contributed by atoms with Gasteiger partial charge in [0.05, 0.1) is 10.2 Å². The van der Waals surface area contributed by atoms with Crippen LogP contribution >= 0.6 is 23.1 Å². The summed E-state index contributed by atoms with van der Waals surface area (Å²) < 4.78 is 2.68. The van der Waals surface area contributed by atoms with Gasteiger partial charge in [0.15, 0.2) is 0 Å². The lowest BCUT2D eigenvalue weighted by molar-refractivity contribution is -0.115. The predicted molar refractivity (Wildman–Crippen MR) is 107 cm³/mol. The molecule has 4 nitrogen and oxygen atoms in total. The second-order valence-corrected chi connectivity index (χ2v) is 8.14. The molecule has 1 heterocycles. The number of benzene rings is 2. The Hall–Kier alpha value is -2.05. The molecular formula is C19H20N2O2S2. The number of hydrogen-bond donors (Lipinski definition) is 1. The van der Waals surface area contributed by atoms with Gasteiger partial charge in [-0.15, -0.1) is 11.8 Å². The summed E-state index contributed by atoms with van der Waals surface area (Å²) in [5.41, 5.74) is 1.65. The Morgan fingerprint density at radius 1 is 1.20 bits per heavy atom. The van der Waals surface area contributed by atoms with Crippen LogP contribution in [0.2, 0.25) is 0 Å². The Kier molecular flexibility index (Phi) is 5.60. The molecule has 130 valence electrons. The minimum Gasteiger partial charge on any atom is -0.326 e. The van der Waals surface area contributed by atoms with Gasteiger partial charge in [-0.05, 0) is 44.2 Å². The van der Waals surface area contributed by atoms with Gasteiger partial charge in [0.1, 0.15) is 0 Å². The van der Waals surface area contributed by atoms with Gasteiger partial charge in [-0.1, -0.05) is 29.5 Å². The van der Waals surface area contributed by atoms with Crippen LogP contribution in [0.4, 0.5) is 5.69 Å². The smallest absolute Gasteiger partial charge is 0.308 e. The fourth-order valence-electron chi connectivity index (χ4n) is 2.61. The molecule has 0 atom stereocenters. The number of nitrogens with zero attached hydrogens (tertiary/aromatic N) is 1. The first-order valence-corrected chi connectivity index (χ1v) is 9.97. The first-order valence-electron chi connectivity index (χ1n) is 8.17. The molecule has 0 bridgehead atoms. The van der Waals surface area contributed by atoms with Crippen LogP contribution in [0, 0.1) is 0 Å². The topological polar surface area (TPSA) is 51.1 Å². The Balaban J connectivity index is 1.62. The Labute approximate surface area is 154 Å². The molecule has 2 aromatic carbocycles. The van der Waals surface area contributed by atoms with E-state index in [0.29, 0.717) is 6.42 Å². The maximum Gasteiger partial charge on any atom is 0.308 e. The second kappa shape index (κ2) is 7.89. The molecule has 0 spiro atoms. The van der Waals surface area contributed by atoms with Crippen molar-refractivity contribution in [3.63, 3.8) is 0 Å². The molecule has 1 aromatic heterocycles. The number of fused-ring (bicyclic) bond motifs is 1. The fraction of sp³-hybridized carbons (Fsp3) is 0.263. The van der Waals surface area contributed by atoms with Crippen molar-refractivity contribution in [1.29, 1.82) is 0 Å². The van der Waals surface area contributed by atoms with E-state index < -0.39 is 0 Å². The maximum absolute atomic E-state index is 12.1. The zero-order valence-corrected chi connectivity index (χ0v) is 15.8. The van der Waals surface area contributed by atoms with Crippen molar-refractivity contribution in [3.8, 4) is 0 Å². The van der Waals surface area contributed by atoms with Gasteiger partial charge in [-0.3, -0.25) is 14.2 Å². The van der Waals surface area contributed by atoms with Crippen molar-refractivity contribution in [1.82, 2.24) is 4.57 Å². The number of carbonyl (C=O) groups excluding carboxylic acids is 1. The van der Waals surface area contributed by atoms with Crippen molar-refractivity contribution in [2.45, 2.75) is 31.2 Å². The molecule has 6 heteroatoms. The monoisotopic (exact) mass is 372 g/mol. The third-order valence-electron chi connectivity index (χ3n) is 3.75. The molecule has 0 unspecified atom stereocenters. The SMILES string of the molecule is CC(C)n1c(=O)sc2cc(NC(=O)CCSc3ccccc3)ccc21. The summed E-state index contributed by atoms with van der Waals surface area (Å²) in [4.78, 5) is 25.4. The summed E-state index contributed by atoms with van der Waals surface area (Å²) in [7, 11) is 0. The van der Waals surface area contributed by atoms with Gasteiger partial charge >= 0.3 is 4.87 Å². The summed E-state index contributed by atoms with van der Waals surface area (Å²) >= 11 is 2.88. The van der Waals surface area contributed by atoms with Gasteiger partial charge in [-0.2, -0.15) is 0 Å². The molecule has 1 amide bonds. The lowest BCUT2D eigenvalue weighted by Gasteiger charge is -2.08. The van der Waals surface area contributed by atoms with Crippen LogP contribution in [0.5, 0.6) is 0 Å². The Bertz CT molecular complexity index is 929. The zero-order chi connectivity index (χ0) is 17.8. The number of thioether (sulfide) groups is 1. The first-order chi connectivity index (χ1) is 12.0. The van der Waals surface area contributed by atoms with Crippen LogP contribution in [0.3, 0.4) is 0 Å². The molecule has 1 N–H and O–H groups in total. The molecule has 0 saturated carbocycles. The Morgan fingerprint density at radius 3 is 2.68 bits per heavy atom. The predicted octanol–water partition coefficient (Wildman–Crippen LogP) is 4.76. The van der Waals surface area contributed by atoms with E-state index in [0.717, 1.165) is 26.6 Å². The number of aromatic nitrogens is 1. The van der Waals surface area contributed by atoms with Crippen LogP contribution in [0.1, 0.15) is 26.3 Å². The van der Waals surface area contributed by atoms with E-state index in [4.69, 9.17) is 0 Å². The number of rotatable bonds is 6. The van der Waals surface area contributed by atoms with Crippen molar-refractivity contribution >= 4 is 44.9 Å². The van der Waals surface area contributed by atoms with Crippen molar-refractivity contribution in [2.24, 2.45) is 0 Å². The van der Waals surface area contributed by atoms with Crippen molar-refractivity contribution in [2.75, 3.05) is 11.1 Å². The third kappa shape index (κ3) is 4.32. The molecule has 0 aliphatic rings. The van der Waals surface area contributed by atoms with E-state index >= 15 is 0 Å². The second-order valence-electron chi connectivity index (χ2n) is 5.97. The van der Waals surface area contributed by atoms with E-state index in [-0.39, 0.29) is 16.8 Å². The van der Waals surface area contributed by atoms with Gasteiger partial charge in [-0.25, -0.2) is 0 Å². The van der Waals surface area contributed by atoms with Gasteiger partial charge in [0.25, 0.3) is 0 Å². The average molecular weight is 373 g/mol. The standard InChI is InChI=1S/C19H20N2O2S2/c1-13(2)21-16-9-8-14(12-17(16)25-19(21)23)20-18(22)10-11-24-15-6-4-3-5-7-15/h3-9,12-13H,10-11H2,1-2H3,(H,20,22). The molecule has 0 aliphatic carbocycles. The summed E-state index contributed by atoms with van der Waals surface area (Å²) in [5.74, 6) is 0.716. The maximum atomic E-state index is 12.1. The number of thiazole rings is 1. The lowest BCUT2D eigenvalue weighted by atomic mass is 10.2. The number of anilines is 1. The van der Waals surface area contributed by atoms with E-state index in [1.807, 2.05) is 62.4 Å². The Morgan fingerprint density at radius 2 is 1.96 bits per heavy atom. The normalized spacial score (nSPS) is 11.2. The van der Waals surface area contributed by atoms with E-state index in [9.17, 15) is 9.59 Å². The first kappa shape index (κ1) is 17.8. The van der Waals surface area contributed by atoms with Crippen LogP contribution in [0.25, 0.3) is 10.2 Å². The third-order valence-corrected chi connectivity index (χ3v) is 5.69. The molecule has 25 heavy (non-hydrogen) atoms. The van der Waals surface area contributed by atoms with E-state index in [2.05, 4.69) is 5.32 Å². The van der Waals surface area contributed by atoms with Crippen molar-refractivity contribution < 1.29 is 4.79 Å². The summed E-state index contributed by atoms with van der Waals surface area (Å²) in [5, 5.41) is 2.92. The highest BCUT2D eigenvalue weighted by atomic mass is 32.2. The zero-order valence-electron chi connectivity index (χ0n) is 14.2. The molecular weight excluding hydrogens is 352 g/mol. The van der Waals surface area contributed by atoms with E-state index in [1.54, 1.807) is 16.3 Å². The number of amides is 1. The van der Waals surface area contributed by atoms with Crippen LogP contribution in [-0.4, -0.2) is 16.2 Å². The molecule has 3 rings (SSSR count). The average Bonchev–Trinajstić information content (AvgIpc) is 2.91. The summed E-state index contributed by atoms with van der Waals surface area (Å²) in [6.45, 7) is 3.99.